The highest BCUT2D eigenvalue weighted by Gasteiger charge is 2.17. The Balaban J connectivity index is 2.89. The standard InChI is InChI=1S/C11H12FNO3/c1-6-8(4-3-5-9(6)12)10(14)13-7(2)11(15)16/h3-5,7H,1-2H3,(H,13,14)(H,15,16)/t7-/m1/s1. The molecule has 5 heteroatoms. The average Bonchev–Trinajstić information content (AvgIpc) is 2.21. The molecule has 0 aliphatic rings. The zero-order valence-electron chi connectivity index (χ0n) is 8.95. The van der Waals surface area contributed by atoms with Crippen molar-refractivity contribution in [2.75, 3.05) is 0 Å². The first-order chi connectivity index (χ1) is 7.43. The van der Waals surface area contributed by atoms with Gasteiger partial charge < -0.3 is 10.4 Å². The smallest absolute Gasteiger partial charge is 0.325 e. The molecule has 0 aromatic heterocycles. The minimum absolute atomic E-state index is 0.146. The minimum atomic E-state index is -1.14. The van der Waals surface area contributed by atoms with Gasteiger partial charge in [0, 0.05) is 5.56 Å². The van der Waals surface area contributed by atoms with Gasteiger partial charge in [-0.1, -0.05) is 6.07 Å². The lowest BCUT2D eigenvalue weighted by molar-refractivity contribution is -0.138. The zero-order chi connectivity index (χ0) is 12.3. The van der Waals surface area contributed by atoms with Crippen molar-refractivity contribution in [2.24, 2.45) is 0 Å². The Bertz CT molecular complexity index is 431. The molecule has 0 spiro atoms. The Morgan fingerprint density at radius 1 is 1.44 bits per heavy atom. The van der Waals surface area contributed by atoms with Crippen LogP contribution in [-0.4, -0.2) is 23.0 Å². The number of carboxylic acids is 1. The number of hydrogen-bond acceptors (Lipinski definition) is 2. The minimum Gasteiger partial charge on any atom is -0.480 e. The van der Waals surface area contributed by atoms with Crippen LogP contribution in [-0.2, 0) is 4.79 Å². The summed E-state index contributed by atoms with van der Waals surface area (Å²) >= 11 is 0. The molecule has 16 heavy (non-hydrogen) atoms. The number of halogens is 1. The van der Waals surface area contributed by atoms with Gasteiger partial charge in [-0.25, -0.2) is 4.39 Å². The van der Waals surface area contributed by atoms with E-state index >= 15 is 0 Å². The van der Waals surface area contributed by atoms with E-state index in [1.165, 1.54) is 32.0 Å². The molecule has 0 aliphatic carbocycles. The topological polar surface area (TPSA) is 66.4 Å². The molecule has 0 heterocycles. The summed E-state index contributed by atoms with van der Waals surface area (Å²) in [6.07, 6.45) is 0. The molecule has 4 nitrogen and oxygen atoms in total. The Kier molecular flexibility index (Phi) is 3.60. The molecular formula is C11H12FNO3. The number of rotatable bonds is 3. The summed E-state index contributed by atoms with van der Waals surface area (Å²) in [5.41, 5.74) is 0.352. The van der Waals surface area contributed by atoms with Crippen LogP contribution >= 0.6 is 0 Å². The van der Waals surface area contributed by atoms with Crippen molar-refractivity contribution >= 4 is 11.9 Å². The first-order valence-electron chi connectivity index (χ1n) is 4.72. The number of carbonyl (C=O) groups excluding carboxylic acids is 1. The fourth-order valence-electron chi connectivity index (χ4n) is 1.19. The van der Waals surface area contributed by atoms with Gasteiger partial charge >= 0.3 is 5.97 Å². The maximum Gasteiger partial charge on any atom is 0.325 e. The van der Waals surface area contributed by atoms with Gasteiger partial charge in [0.2, 0.25) is 0 Å². The van der Waals surface area contributed by atoms with Crippen LogP contribution in [0.4, 0.5) is 4.39 Å². The molecule has 1 rings (SSSR count). The SMILES string of the molecule is Cc1c(F)cccc1C(=O)N[C@H](C)C(=O)O. The summed E-state index contributed by atoms with van der Waals surface area (Å²) in [6.45, 7) is 2.81. The predicted octanol–water partition coefficient (Wildman–Crippen LogP) is 1.34. The van der Waals surface area contributed by atoms with Crippen LogP contribution in [0.3, 0.4) is 0 Å². The van der Waals surface area contributed by atoms with Crippen molar-refractivity contribution in [1.29, 1.82) is 0 Å². The van der Waals surface area contributed by atoms with Gasteiger partial charge in [0.25, 0.3) is 5.91 Å². The van der Waals surface area contributed by atoms with Crippen LogP contribution in [0.25, 0.3) is 0 Å². The van der Waals surface area contributed by atoms with Gasteiger partial charge in [0.05, 0.1) is 0 Å². The van der Waals surface area contributed by atoms with Gasteiger partial charge in [0.15, 0.2) is 0 Å². The number of hydrogen-bond donors (Lipinski definition) is 2. The Morgan fingerprint density at radius 2 is 2.06 bits per heavy atom. The van der Waals surface area contributed by atoms with E-state index in [1.807, 2.05) is 0 Å². The molecule has 0 saturated heterocycles. The van der Waals surface area contributed by atoms with E-state index in [4.69, 9.17) is 5.11 Å². The summed E-state index contributed by atoms with van der Waals surface area (Å²) in [4.78, 5) is 22.1. The predicted molar refractivity (Wildman–Crippen MR) is 55.7 cm³/mol. The van der Waals surface area contributed by atoms with Crippen LogP contribution in [0, 0.1) is 12.7 Å². The number of amides is 1. The molecular weight excluding hydrogens is 213 g/mol. The van der Waals surface area contributed by atoms with Crippen LogP contribution in [0.5, 0.6) is 0 Å². The van der Waals surface area contributed by atoms with Crippen molar-refractivity contribution in [3.8, 4) is 0 Å². The highest BCUT2D eigenvalue weighted by atomic mass is 19.1. The quantitative estimate of drug-likeness (QED) is 0.815. The lowest BCUT2D eigenvalue weighted by Crippen LogP contribution is -2.38. The summed E-state index contributed by atoms with van der Waals surface area (Å²) < 4.78 is 13.1. The third kappa shape index (κ3) is 2.56. The fourth-order valence-corrected chi connectivity index (χ4v) is 1.19. The molecule has 1 aromatic rings. The van der Waals surface area contributed by atoms with Crippen molar-refractivity contribution in [3.63, 3.8) is 0 Å². The zero-order valence-corrected chi connectivity index (χ0v) is 8.95. The first kappa shape index (κ1) is 12.2. The van der Waals surface area contributed by atoms with E-state index in [2.05, 4.69) is 5.32 Å². The van der Waals surface area contributed by atoms with Crippen molar-refractivity contribution in [2.45, 2.75) is 19.9 Å². The van der Waals surface area contributed by atoms with E-state index in [0.29, 0.717) is 0 Å². The highest BCUT2D eigenvalue weighted by Crippen LogP contribution is 2.11. The van der Waals surface area contributed by atoms with E-state index in [0.717, 1.165) is 0 Å². The maximum atomic E-state index is 13.1. The molecule has 0 unspecified atom stereocenters. The van der Waals surface area contributed by atoms with Crippen LogP contribution in [0.2, 0.25) is 0 Å². The molecule has 0 fully saturated rings. The van der Waals surface area contributed by atoms with Crippen molar-refractivity contribution < 1.29 is 19.1 Å². The van der Waals surface area contributed by atoms with E-state index in [9.17, 15) is 14.0 Å². The number of benzene rings is 1. The monoisotopic (exact) mass is 225 g/mol. The van der Waals surface area contributed by atoms with Crippen molar-refractivity contribution in [3.05, 3.63) is 35.1 Å². The Hall–Kier alpha value is -1.91. The number of nitrogens with one attached hydrogen (secondary N) is 1. The summed E-state index contributed by atoms with van der Waals surface area (Å²) in [5.74, 6) is -2.22. The molecule has 2 N–H and O–H groups in total. The summed E-state index contributed by atoms with van der Waals surface area (Å²) in [5, 5.41) is 10.9. The molecule has 1 aromatic carbocycles. The Labute approximate surface area is 92.1 Å². The van der Waals surface area contributed by atoms with Gasteiger partial charge in [-0.3, -0.25) is 9.59 Å². The van der Waals surface area contributed by atoms with Crippen LogP contribution < -0.4 is 5.32 Å². The van der Waals surface area contributed by atoms with Crippen molar-refractivity contribution in [1.82, 2.24) is 5.32 Å². The van der Waals surface area contributed by atoms with E-state index in [-0.39, 0.29) is 11.1 Å². The van der Waals surface area contributed by atoms with Crippen LogP contribution in [0.15, 0.2) is 18.2 Å². The first-order valence-corrected chi connectivity index (χ1v) is 4.72. The summed E-state index contributed by atoms with van der Waals surface area (Å²) in [7, 11) is 0. The van der Waals surface area contributed by atoms with Gasteiger partial charge in [-0.2, -0.15) is 0 Å². The molecule has 1 amide bonds. The largest absolute Gasteiger partial charge is 0.480 e. The number of aliphatic carboxylic acids is 1. The lowest BCUT2D eigenvalue weighted by Gasteiger charge is -2.11. The third-order valence-electron chi connectivity index (χ3n) is 2.23. The molecule has 0 saturated carbocycles. The van der Waals surface area contributed by atoms with E-state index in [1.54, 1.807) is 0 Å². The van der Waals surface area contributed by atoms with E-state index < -0.39 is 23.7 Å². The second-order valence-corrected chi connectivity index (χ2v) is 3.45. The molecule has 86 valence electrons. The highest BCUT2D eigenvalue weighted by molar-refractivity contribution is 5.97. The van der Waals surface area contributed by atoms with Gasteiger partial charge in [-0.05, 0) is 31.5 Å². The van der Waals surface area contributed by atoms with Gasteiger partial charge in [0.1, 0.15) is 11.9 Å². The Morgan fingerprint density at radius 3 is 2.62 bits per heavy atom. The number of carbonyl (C=O) groups is 2. The normalized spacial score (nSPS) is 11.9. The molecule has 0 radical (unpaired) electrons. The van der Waals surface area contributed by atoms with Crippen LogP contribution in [0.1, 0.15) is 22.8 Å². The second kappa shape index (κ2) is 4.74. The third-order valence-corrected chi connectivity index (χ3v) is 2.23. The molecule has 0 bridgehead atoms. The van der Waals surface area contributed by atoms with Gasteiger partial charge in [-0.15, -0.1) is 0 Å². The number of carboxylic acid groups (broad SMARTS) is 1. The second-order valence-electron chi connectivity index (χ2n) is 3.45. The summed E-state index contributed by atoms with van der Waals surface area (Å²) in [6, 6.07) is 3.09. The molecule has 0 aliphatic heterocycles. The molecule has 1 atom stereocenters. The fraction of sp³-hybridized carbons (Fsp3) is 0.273. The average molecular weight is 225 g/mol. The lowest BCUT2D eigenvalue weighted by atomic mass is 10.1. The maximum absolute atomic E-state index is 13.1.